The number of amides is 3. The molecule has 10 heteroatoms. The molecule has 2 aromatic carbocycles. The average Bonchev–Trinajstić information content (AvgIpc) is 3.01. The van der Waals surface area contributed by atoms with E-state index in [1.807, 2.05) is 6.07 Å². The van der Waals surface area contributed by atoms with Crippen molar-refractivity contribution in [1.29, 1.82) is 0 Å². The van der Waals surface area contributed by atoms with Gasteiger partial charge in [-0.3, -0.25) is 19.3 Å². The molecule has 2 aliphatic heterocycles. The number of methoxy groups -OCH3 is 1. The number of rotatable bonds is 5. The molecule has 4 rings (SSSR count). The number of thioether (sulfide) groups is 1. The van der Waals surface area contributed by atoms with Crippen LogP contribution in [-0.4, -0.2) is 48.8 Å². The van der Waals surface area contributed by atoms with E-state index < -0.39 is 23.6 Å². The Labute approximate surface area is 190 Å². The fourth-order valence-corrected chi connectivity index (χ4v) is 4.27. The molecule has 2 aromatic rings. The lowest BCUT2D eigenvalue weighted by atomic mass is 10.2. The highest BCUT2D eigenvalue weighted by Gasteiger charge is 2.36. The Morgan fingerprint density at radius 2 is 1.97 bits per heavy atom. The zero-order valence-electron chi connectivity index (χ0n) is 16.3. The third-order valence-corrected chi connectivity index (χ3v) is 5.88. The number of ether oxygens (including phenoxy) is 3. The SMILES string of the molecule is COc1ccc(Br)cc1/C=C1/SC(=O)N(CC(=O)Nc2ccc3c(c2)OCCO3)C1=O. The van der Waals surface area contributed by atoms with Gasteiger partial charge < -0.3 is 19.5 Å². The molecule has 160 valence electrons. The van der Waals surface area contributed by atoms with Crippen molar-refractivity contribution in [2.24, 2.45) is 0 Å². The van der Waals surface area contributed by atoms with Crippen molar-refractivity contribution in [3.05, 3.63) is 51.3 Å². The third kappa shape index (κ3) is 4.70. The summed E-state index contributed by atoms with van der Waals surface area (Å²) in [6.45, 7) is 0.500. The van der Waals surface area contributed by atoms with Crippen LogP contribution in [0.3, 0.4) is 0 Å². The van der Waals surface area contributed by atoms with Gasteiger partial charge in [-0.25, -0.2) is 0 Å². The number of imide groups is 1. The number of anilines is 1. The molecular weight excluding hydrogens is 488 g/mol. The van der Waals surface area contributed by atoms with E-state index in [0.29, 0.717) is 41.7 Å². The molecule has 0 radical (unpaired) electrons. The number of hydrogen-bond acceptors (Lipinski definition) is 7. The van der Waals surface area contributed by atoms with Crippen molar-refractivity contribution in [3.8, 4) is 17.2 Å². The van der Waals surface area contributed by atoms with Crippen LogP contribution >= 0.6 is 27.7 Å². The van der Waals surface area contributed by atoms with Crippen molar-refractivity contribution in [1.82, 2.24) is 4.90 Å². The van der Waals surface area contributed by atoms with Gasteiger partial charge in [0.1, 0.15) is 25.5 Å². The number of benzene rings is 2. The molecule has 0 atom stereocenters. The molecule has 1 saturated heterocycles. The quantitative estimate of drug-likeness (QED) is 0.616. The number of nitrogens with one attached hydrogen (secondary N) is 1. The molecule has 0 bridgehead atoms. The number of nitrogens with zero attached hydrogens (tertiary/aromatic N) is 1. The van der Waals surface area contributed by atoms with Crippen molar-refractivity contribution >= 4 is 56.5 Å². The predicted molar refractivity (Wildman–Crippen MR) is 119 cm³/mol. The second-order valence-electron chi connectivity index (χ2n) is 6.56. The summed E-state index contributed by atoms with van der Waals surface area (Å²) < 4.78 is 17.0. The van der Waals surface area contributed by atoms with E-state index >= 15 is 0 Å². The van der Waals surface area contributed by atoms with Crippen LogP contribution in [0.1, 0.15) is 5.56 Å². The molecule has 3 amide bonds. The summed E-state index contributed by atoms with van der Waals surface area (Å²) in [5.41, 5.74) is 1.12. The highest BCUT2D eigenvalue weighted by atomic mass is 79.9. The molecule has 8 nitrogen and oxygen atoms in total. The first-order chi connectivity index (χ1) is 14.9. The van der Waals surface area contributed by atoms with Crippen LogP contribution in [0.4, 0.5) is 10.5 Å². The highest BCUT2D eigenvalue weighted by Crippen LogP contribution is 2.35. The topological polar surface area (TPSA) is 94.2 Å². The fourth-order valence-electron chi connectivity index (χ4n) is 3.06. The van der Waals surface area contributed by atoms with E-state index in [-0.39, 0.29) is 4.91 Å². The van der Waals surface area contributed by atoms with Crippen LogP contribution in [0.5, 0.6) is 17.2 Å². The van der Waals surface area contributed by atoms with Gasteiger partial charge in [-0.1, -0.05) is 15.9 Å². The molecule has 0 spiro atoms. The summed E-state index contributed by atoms with van der Waals surface area (Å²) >= 11 is 4.16. The summed E-state index contributed by atoms with van der Waals surface area (Å²) in [4.78, 5) is 38.7. The molecule has 2 aliphatic rings. The number of carbonyl (C=O) groups excluding carboxylic acids is 3. The molecular formula is C21H17BrN2O6S. The van der Waals surface area contributed by atoms with E-state index in [4.69, 9.17) is 14.2 Å². The van der Waals surface area contributed by atoms with E-state index in [9.17, 15) is 14.4 Å². The Hall–Kier alpha value is -2.98. The number of carbonyl (C=O) groups is 3. The lowest BCUT2D eigenvalue weighted by Crippen LogP contribution is -2.36. The Bertz CT molecular complexity index is 1100. The first-order valence-electron chi connectivity index (χ1n) is 9.23. The van der Waals surface area contributed by atoms with Gasteiger partial charge in [0.05, 0.1) is 12.0 Å². The van der Waals surface area contributed by atoms with Gasteiger partial charge in [-0.15, -0.1) is 0 Å². The van der Waals surface area contributed by atoms with E-state index in [1.54, 1.807) is 36.4 Å². The summed E-state index contributed by atoms with van der Waals surface area (Å²) in [7, 11) is 1.52. The molecule has 0 aromatic heterocycles. The van der Waals surface area contributed by atoms with Gasteiger partial charge >= 0.3 is 0 Å². The van der Waals surface area contributed by atoms with Crippen molar-refractivity contribution in [2.45, 2.75) is 0 Å². The second kappa shape index (κ2) is 9.03. The number of hydrogen-bond donors (Lipinski definition) is 1. The molecule has 2 heterocycles. The molecule has 31 heavy (non-hydrogen) atoms. The Morgan fingerprint density at radius 3 is 2.74 bits per heavy atom. The van der Waals surface area contributed by atoms with Crippen molar-refractivity contribution < 1.29 is 28.6 Å². The van der Waals surface area contributed by atoms with E-state index in [2.05, 4.69) is 21.2 Å². The smallest absolute Gasteiger partial charge is 0.294 e. The van der Waals surface area contributed by atoms with Crippen molar-refractivity contribution in [2.75, 3.05) is 32.2 Å². The fraction of sp³-hybridized carbons (Fsp3) is 0.190. The molecule has 0 saturated carbocycles. The maximum atomic E-state index is 12.7. The zero-order valence-corrected chi connectivity index (χ0v) is 18.7. The largest absolute Gasteiger partial charge is 0.496 e. The lowest BCUT2D eigenvalue weighted by Gasteiger charge is -2.19. The van der Waals surface area contributed by atoms with Gasteiger partial charge in [0.25, 0.3) is 11.1 Å². The van der Waals surface area contributed by atoms with Crippen LogP contribution in [0.25, 0.3) is 6.08 Å². The van der Waals surface area contributed by atoms with Crippen LogP contribution < -0.4 is 19.5 Å². The predicted octanol–water partition coefficient (Wildman–Crippen LogP) is 3.90. The minimum Gasteiger partial charge on any atom is -0.496 e. The van der Waals surface area contributed by atoms with Crippen LogP contribution in [0.2, 0.25) is 0 Å². The molecule has 0 aliphatic carbocycles. The summed E-state index contributed by atoms with van der Waals surface area (Å²) in [6, 6.07) is 10.3. The minimum atomic E-state index is -0.533. The summed E-state index contributed by atoms with van der Waals surface area (Å²) in [5, 5.41) is 2.16. The first-order valence-corrected chi connectivity index (χ1v) is 10.8. The zero-order chi connectivity index (χ0) is 22.0. The highest BCUT2D eigenvalue weighted by molar-refractivity contribution is 9.10. The molecule has 1 fully saturated rings. The van der Waals surface area contributed by atoms with Crippen LogP contribution in [0.15, 0.2) is 45.8 Å². The van der Waals surface area contributed by atoms with Crippen LogP contribution in [0, 0.1) is 0 Å². The van der Waals surface area contributed by atoms with Crippen molar-refractivity contribution in [3.63, 3.8) is 0 Å². The van der Waals surface area contributed by atoms with E-state index in [1.165, 1.54) is 7.11 Å². The van der Waals surface area contributed by atoms with Gasteiger partial charge in [-0.05, 0) is 48.2 Å². The minimum absolute atomic E-state index is 0.216. The van der Waals surface area contributed by atoms with Gasteiger partial charge in [0, 0.05) is 21.8 Å². The van der Waals surface area contributed by atoms with Gasteiger partial charge in [-0.2, -0.15) is 0 Å². The van der Waals surface area contributed by atoms with Gasteiger partial charge in [0.2, 0.25) is 5.91 Å². The molecule has 0 unspecified atom stereocenters. The summed E-state index contributed by atoms with van der Waals surface area (Å²) in [5.74, 6) is 0.658. The monoisotopic (exact) mass is 504 g/mol. The van der Waals surface area contributed by atoms with Crippen LogP contribution in [-0.2, 0) is 9.59 Å². The number of fused-ring (bicyclic) bond motifs is 1. The Kier molecular flexibility index (Phi) is 6.19. The third-order valence-electron chi connectivity index (χ3n) is 4.48. The van der Waals surface area contributed by atoms with E-state index in [0.717, 1.165) is 21.1 Å². The molecule has 1 N–H and O–H groups in total. The first kappa shape index (κ1) is 21.3. The normalized spacial score (nSPS) is 16.6. The maximum absolute atomic E-state index is 12.7. The Morgan fingerprint density at radius 1 is 1.19 bits per heavy atom. The lowest BCUT2D eigenvalue weighted by molar-refractivity contribution is -0.127. The second-order valence-corrected chi connectivity index (χ2v) is 8.47. The summed E-state index contributed by atoms with van der Waals surface area (Å²) in [6.07, 6.45) is 1.58. The maximum Gasteiger partial charge on any atom is 0.294 e. The van der Waals surface area contributed by atoms with Gasteiger partial charge in [0.15, 0.2) is 11.5 Å². The number of halogens is 1. The standard InChI is InChI=1S/C21H17BrN2O6S/c1-28-15-4-2-13(22)8-12(15)9-18-20(26)24(21(27)31-18)11-19(25)23-14-3-5-16-17(10-14)30-7-6-29-16/h2-5,8-10H,6-7,11H2,1H3,(H,23,25)/b18-9+. The Balaban J connectivity index is 1.46. The average molecular weight is 505 g/mol.